The van der Waals surface area contributed by atoms with Gasteiger partial charge in [-0.1, -0.05) is 23.3 Å². The number of carbonyl (C=O) groups is 1. The molecule has 1 rings (SSSR count). The summed E-state index contributed by atoms with van der Waals surface area (Å²) in [5.41, 5.74) is 2.29. The van der Waals surface area contributed by atoms with Gasteiger partial charge in [-0.3, -0.25) is 4.79 Å². The quantitative estimate of drug-likeness (QED) is 0.493. The maximum Gasteiger partial charge on any atom is 0.243 e. The van der Waals surface area contributed by atoms with E-state index in [9.17, 15) is 4.79 Å². The van der Waals surface area contributed by atoms with E-state index in [0.717, 1.165) is 11.3 Å². The topological polar surface area (TPSA) is 29.1 Å². The Kier molecular flexibility index (Phi) is 5.84. The molecule has 92 valence electrons. The van der Waals surface area contributed by atoms with Gasteiger partial charge in [0.05, 0.1) is 0 Å². The van der Waals surface area contributed by atoms with Gasteiger partial charge in [0, 0.05) is 23.3 Å². The van der Waals surface area contributed by atoms with Crippen LogP contribution in [-0.2, 0) is 4.79 Å². The van der Waals surface area contributed by atoms with Crippen LogP contribution in [0.25, 0.3) is 0 Å². The van der Waals surface area contributed by atoms with E-state index in [2.05, 4.69) is 36.5 Å². The first-order valence-corrected chi connectivity index (χ1v) is 6.68. The van der Waals surface area contributed by atoms with Crippen molar-refractivity contribution in [3.05, 3.63) is 41.5 Å². The van der Waals surface area contributed by atoms with Gasteiger partial charge in [0.1, 0.15) is 0 Å². The highest BCUT2D eigenvalue weighted by atomic mass is 32.2. The van der Waals surface area contributed by atoms with Gasteiger partial charge in [0.25, 0.3) is 0 Å². The highest BCUT2D eigenvalue weighted by Gasteiger charge is 1.97. The lowest BCUT2D eigenvalue weighted by Crippen LogP contribution is -2.23. The van der Waals surface area contributed by atoms with Crippen LogP contribution in [-0.4, -0.2) is 18.2 Å². The highest BCUT2D eigenvalue weighted by molar-refractivity contribution is 7.99. The van der Waals surface area contributed by atoms with Crippen LogP contribution in [0.4, 0.5) is 0 Å². The number of amides is 1. The van der Waals surface area contributed by atoms with Crippen molar-refractivity contribution in [2.45, 2.75) is 25.7 Å². The van der Waals surface area contributed by atoms with Crippen LogP contribution in [0.1, 0.15) is 19.4 Å². The van der Waals surface area contributed by atoms with Gasteiger partial charge in [-0.05, 0) is 32.9 Å². The molecule has 0 fully saturated rings. The van der Waals surface area contributed by atoms with E-state index in [0.29, 0.717) is 6.54 Å². The second kappa shape index (κ2) is 7.17. The molecule has 0 spiro atoms. The zero-order valence-electron chi connectivity index (χ0n) is 10.6. The summed E-state index contributed by atoms with van der Waals surface area (Å²) >= 11 is 1.75. The van der Waals surface area contributed by atoms with E-state index in [4.69, 9.17) is 0 Å². The number of thioether (sulfide) groups is 1. The number of carbonyl (C=O) groups excluding carboxylic acids is 1. The number of rotatable bonds is 5. The van der Waals surface area contributed by atoms with Crippen LogP contribution in [0.3, 0.4) is 0 Å². The molecule has 1 aromatic rings. The smallest absolute Gasteiger partial charge is 0.243 e. The lowest BCUT2D eigenvalue weighted by molar-refractivity contribution is -0.116. The molecule has 1 N–H and O–H groups in total. The van der Waals surface area contributed by atoms with Crippen LogP contribution in [0.2, 0.25) is 0 Å². The molecule has 17 heavy (non-hydrogen) atoms. The molecule has 1 amide bonds. The number of nitrogens with one attached hydrogen (secondary N) is 1. The molecule has 0 aliphatic carbocycles. The Balaban J connectivity index is 2.22. The Hall–Kier alpha value is -1.22. The maximum absolute atomic E-state index is 11.3. The fourth-order valence-corrected chi connectivity index (χ4v) is 2.06. The predicted octanol–water partition coefficient (Wildman–Crippen LogP) is 3.17. The van der Waals surface area contributed by atoms with Crippen molar-refractivity contribution in [2.24, 2.45) is 0 Å². The second-order valence-electron chi connectivity index (χ2n) is 4.17. The Morgan fingerprint density at radius 1 is 1.29 bits per heavy atom. The molecule has 1 aromatic carbocycles. The fourth-order valence-electron chi connectivity index (χ4n) is 1.29. The van der Waals surface area contributed by atoms with Crippen LogP contribution in [0.5, 0.6) is 0 Å². The van der Waals surface area contributed by atoms with Crippen molar-refractivity contribution in [1.29, 1.82) is 0 Å². The molecule has 0 radical (unpaired) electrons. The third kappa shape index (κ3) is 6.17. The Bertz CT molecular complexity index is 391. The second-order valence-corrected chi connectivity index (χ2v) is 5.34. The number of benzene rings is 1. The summed E-state index contributed by atoms with van der Waals surface area (Å²) in [6.07, 6.45) is 1.62. The molecule has 3 heteroatoms. The summed E-state index contributed by atoms with van der Waals surface area (Å²) in [7, 11) is 0. The summed E-state index contributed by atoms with van der Waals surface area (Å²) in [6.45, 7) is 6.61. The largest absolute Gasteiger partial charge is 0.352 e. The van der Waals surface area contributed by atoms with Crippen molar-refractivity contribution in [2.75, 3.05) is 12.3 Å². The van der Waals surface area contributed by atoms with Crippen LogP contribution >= 0.6 is 11.8 Å². The summed E-state index contributed by atoms with van der Waals surface area (Å²) in [6, 6.07) is 8.42. The molecular formula is C14H19NOS. The van der Waals surface area contributed by atoms with E-state index in [1.165, 1.54) is 10.5 Å². The monoisotopic (exact) mass is 249 g/mol. The van der Waals surface area contributed by atoms with E-state index >= 15 is 0 Å². The normalized spacial score (nSPS) is 9.82. The van der Waals surface area contributed by atoms with Gasteiger partial charge in [-0.25, -0.2) is 0 Å². The van der Waals surface area contributed by atoms with Gasteiger partial charge >= 0.3 is 0 Å². The first-order chi connectivity index (χ1) is 8.08. The molecule has 0 unspecified atom stereocenters. The minimum absolute atomic E-state index is 0.00509. The van der Waals surface area contributed by atoms with E-state index in [-0.39, 0.29) is 5.91 Å². The molecule has 0 aliphatic heterocycles. The van der Waals surface area contributed by atoms with Gasteiger partial charge < -0.3 is 5.32 Å². The third-order valence-corrected chi connectivity index (χ3v) is 3.12. The zero-order chi connectivity index (χ0) is 12.7. The van der Waals surface area contributed by atoms with Crippen LogP contribution < -0.4 is 5.32 Å². The Morgan fingerprint density at radius 3 is 2.53 bits per heavy atom. The number of allylic oxidation sites excluding steroid dienone is 1. The van der Waals surface area contributed by atoms with Crippen LogP contribution in [0, 0.1) is 6.92 Å². The first-order valence-electron chi connectivity index (χ1n) is 5.70. The molecule has 0 aromatic heterocycles. The van der Waals surface area contributed by atoms with E-state index in [1.54, 1.807) is 17.8 Å². The summed E-state index contributed by atoms with van der Waals surface area (Å²) in [4.78, 5) is 12.6. The Morgan fingerprint density at radius 2 is 1.94 bits per heavy atom. The van der Waals surface area contributed by atoms with Crippen LogP contribution in [0.15, 0.2) is 40.8 Å². The summed E-state index contributed by atoms with van der Waals surface area (Å²) in [5.74, 6) is 0.889. The lowest BCUT2D eigenvalue weighted by atomic mass is 10.2. The fraction of sp³-hybridized carbons (Fsp3) is 0.357. The number of hydrogen-bond donors (Lipinski definition) is 1. The number of hydrogen-bond acceptors (Lipinski definition) is 2. The molecule has 0 aliphatic rings. The average molecular weight is 249 g/mol. The molecular weight excluding hydrogens is 230 g/mol. The van der Waals surface area contributed by atoms with Crippen molar-refractivity contribution in [3.8, 4) is 0 Å². The molecule has 2 nitrogen and oxygen atoms in total. The van der Waals surface area contributed by atoms with Crippen molar-refractivity contribution in [1.82, 2.24) is 5.32 Å². The molecule has 0 bridgehead atoms. The van der Waals surface area contributed by atoms with Gasteiger partial charge in [0.2, 0.25) is 5.91 Å². The minimum Gasteiger partial charge on any atom is -0.352 e. The van der Waals surface area contributed by atoms with Crippen molar-refractivity contribution in [3.63, 3.8) is 0 Å². The predicted molar refractivity (Wildman–Crippen MR) is 74.3 cm³/mol. The molecule has 0 atom stereocenters. The maximum atomic E-state index is 11.3. The lowest BCUT2D eigenvalue weighted by Gasteiger charge is -2.03. The van der Waals surface area contributed by atoms with E-state index < -0.39 is 0 Å². The highest BCUT2D eigenvalue weighted by Crippen LogP contribution is 2.17. The third-order valence-electron chi connectivity index (χ3n) is 2.11. The average Bonchev–Trinajstić information content (AvgIpc) is 2.26. The van der Waals surface area contributed by atoms with Gasteiger partial charge in [-0.2, -0.15) is 0 Å². The number of aryl methyl sites for hydroxylation is 1. The SMILES string of the molecule is CC(C)=CC(=O)NCCSc1ccc(C)cc1. The first kappa shape index (κ1) is 13.8. The summed E-state index contributed by atoms with van der Waals surface area (Å²) in [5, 5.41) is 2.86. The zero-order valence-corrected chi connectivity index (χ0v) is 11.4. The van der Waals surface area contributed by atoms with E-state index in [1.807, 2.05) is 13.8 Å². The Labute approximate surface area is 107 Å². The minimum atomic E-state index is -0.00509. The van der Waals surface area contributed by atoms with Crippen molar-refractivity contribution >= 4 is 17.7 Å². The molecule has 0 saturated carbocycles. The van der Waals surface area contributed by atoms with Gasteiger partial charge in [-0.15, -0.1) is 11.8 Å². The summed E-state index contributed by atoms with van der Waals surface area (Å²) < 4.78 is 0. The standard InChI is InChI=1S/C14H19NOS/c1-11(2)10-14(16)15-8-9-17-13-6-4-12(3)5-7-13/h4-7,10H,8-9H2,1-3H3,(H,15,16). The molecule has 0 saturated heterocycles. The molecule has 0 heterocycles. The van der Waals surface area contributed by atoms with Crippen molar-refractivity contribution < 1.29 is 4.79 Å². The van der Waals surface area contributed by atoms with Gasteiger partial charge in [0.15, 0.2) is 0 Å².